The van der Waals surface area contributed by atoms with Gasteiger partial charge in [-0.15, -0.1) is 0 Å². The number of esters is 2. The number of hydrogen-bond acceptors (Lipinski definition) is 6. The third kappa shape index (κ3) is 11.2. The molecule has 0 unspecified atom stereocenters. The molecule has 3 rings (SSSR count). The van der Waals surface area contributed by atoms with Gasteiger partial charge in [-0.3, -0.25) is 14.4 Å². The van der Waals surface area contributed by atoms with E-state index in [-0.39, 0.29) is 37.6 Å². The standard InChI is InChI=1S/C36H45ClN2O6/c1-23(2)19-31-34(42)44-30(25(4)16-17-26-11-8-7-9-12-26)13-10-14-32(40)39-29(21-27-18-15-24(3)28(37)20-27)33(41)38-22-36(5,6)35(43)45-31/h7-12,14-18,20,23,25,29-31H,13,19,21-22H2,1-6H3,(H,38,41)(H,39,40)/b14-10+,17-16+/t25-,29-,30+,31+/m1/s1. The van der Waals surface area contributed by atoms with Crippen LogP contribution < -0.4 is 10.6 Å². The molecule has 2 aromatic rings. The molecule has 0 aromatic heterocycles. The van der Waals surface area contributed by atoms with Crippen molar-refractivity contribution in [2.75, 3.05) is 6.54 Å². The van der Waals surface area contributed by atoms with Crippen molar-refractivity contribution in [2.45, 2.75) is 79.1 Å². The van der Waals surface area contributed by atoms with Gasteiger partial charge in [0.05, 0.1) is 5.41 Å². The smallest absolute Gasteiger partial charge is 0.347 e. The van der Waals surface area contributed by atoms with Gasteiger partial charge in [-0.2, -0.15) is 0 Å². The summed E-state index contributed by atoms with van der Waals surface area (Å²) in [5.41, 5.74) is 1.49. The van der Waals surface area contributed by atoms with Crippen molar-refractivity contribution < 1.29 is 28.7 Å². The number of halogens is 1. The molecule has 0 spiro atoms. The number of nitrogens with one attached hydrogen (secondary N) is 2. The van der Waals surface area contributed by atoms with Crippen molar-refractivity contribution in [1.29, 1.82) is 0 Å². The highest BCUT2D eigenvalue weighted by molar-refractivity contribution is 6.31. The molecule has 2 amide bonds. The minimum atomic E-state index is -1.17. The lowest BCUT2D eigenvalue weighted by molar-refractivity contribution is -0.178. The molecular weight excluding hydrogens is 592 g/mol. The van der Waals surface area contributed by atoms with Gasteiger partial charge in [-0.05, 0) is 61.9 Å². The second kappa shape index (κ2) is 16.4. The van der Waals surface area contributed by atoms with E-state index < -0.39 is 47.4 Å². The molecule has 242 valence electrons. The van der Waals surface area contributed by atoms with Gasteiger partial charge in [0.25, 0.3) is 0 Å². The summed E-state index contributed by atoms with van der Waals surface area (Å²) in [4.78, 5) is 53.2. The summed E-state index contributed by atoms with van der Waals surface area (Å²) in [5, 5.41) is 6.12. The van der Waals surface area contributed by atoms with Gasteiger partial charge in [0.1, 0.15) is 12.1 Å². The van der Waals surface area contributed by atoms with E-state index in [1.165, 1.54) is 6.08 Å². The maximum atomic E-state index is 13.5. The summed E-state index contributed by atoms with van der Waals surface area (Å²) in [6.45, 7) is 10.8. The van der Waals surface area contributed by atoms with Crippen LogP contribution in [0, 0.1) is 24.2 Å². The van der Waals surface area contributed by atoms with E-state index in [1.807, 2.05) is 82.3 Å². The van der Waals surface area contributed by atoms with Crippen LogP contribution in [0.15, 0.2) is 66.8 Å². The van der Waals surface area contributed by atoms with Crippen LogP contribution in [0.3, 0.4) is 0 Å². The third-order valence-electron chi connectivity index (χ3n) is 7.65. The second-order valence-electron chi connectivity index (χ2n) is 12.7. The number of carbonyl (C=O) groups is 4. The number of carbonyl (C=O) groups excluding carboxylic acids is 4. The Labute approximate surface area is 271 Å². The highest BCUT2D eigenvalue weighted by Gasteiger charge is 2.37. The Bertz CT molecular complexity index is 1400. The number of hydrogen-bond donors (Lipinski definition) is 2. The molecule has 0 radical (unpaired) electrons. The van der Waals surface area contributed by atoms with Crippen molar-refractivity contribution >= 4 is 41.4 Å². The van der Waals surface area contributed by atoms with Crippen LogP contribution in [-0.2, 0) is 35.1 Å². The van der Waals surface area contributed by atoms with Crippen LogP contribution in [0.25, 0.3) is 6.08 Å². The zero-order valence-corrected chi connectivity index (χ0v) is 27.7. The SMILES string of the molecule is Cc1ccc(C[C@H]2NC(=O)/C=C/C[C@@H]([C@H](C)/C=C/c3ccccc3)OC(=O)[C@H](CC(C)C)OC(=O)C(C)(C)CNC2=O)cc1Cl. The quantitative estimate of drug-likeness (QED) is 0.361. The zero-order valence-electron chi connectivity index (χ0n) is 27.0. The van der Waals surface area contributed by atoms with E-state index >= 15 is 0 Å². The van der Waals surface area contributed by atoms with E-state index in [1.54, 1.807) is 26.0 Å². The molecule has 8 nitrogen and oxygen atoms in total. The van der Waals surface area contributed by atoms with E-state index in [9.17, 15) is 19.2 Å². The molecule has 45 heavy (non-hydrogen) atoms. The molecule has 0 bridgehead atoms. The lowest BCUT2D eigenvalue weighted by Gasteiger charge is -2.29. The van der Waals surface area contributed by atoms with Crippen molar-refractivity contribution in [1.82, 2.24) is 10.6 Å². The lowest BCUT2D eigenvalue weighted by Crippen LogP contribution is -2.51. The summed E-state index contributed by atoms with van der Waals surface area (Å²) in [5.74, 6) is -2.43. The first-order chi connectivity index (χ1) is 21.2. The van der Waals surface area contributed by atoms with Gasteiger partial charge in [0.2, 0.25) is 11.8 Å². The number of benzene rings is 2. The van der Waals surface area contributed by atoms with Gasteiger partial charge in [-0.1, -0.05) is 93.1 Å². The van der Waals surface area contributed by atoms with Crippen LogP contribution in [0.1, 0.15) is 64.2 Å². The number of cyclic esters (lactones) is 2. The number of ether oxygens (including phenoxy) is 2. The van der Waals surface area contributed by atoms with E-state index in [4.69, 9.17) is 21.1 Å². The largest absolute Gasteiger partial charge is 0.459 e. The first kappa shape index (κ1) is 35.6. The number of amides is 2. The van der Waals surface area contributed by atoms with Gasteiger partial charge < -0.3 is 20.1 Å². The molecule has 0 saturated heterocycles. The number of aryl methyl sites for hydroxylation is 1. The Hall–Kier alpha value is -3.91. The highest BCUT2D eigenvalue weighted by atomic mass is 35.5. The topological polar surface area (TPSA) is 111 Å². The summed E-state index contributed by atoms with van der Waals surface area (Å²) >= 11 is 6.32. The predicted octanol–water partition coefficient (Wildman–Crippen LogP) is 6.00. The number of rotatable bonds is 7. The summed E-state index contributed by atoms with van der Waals surface area (Å²) in [6.07, 6.45) is 5.76. The molecule has 0 saturated carbocycles. The molecule has 1 heterocycles. The molecule has 1 aliphatic rings. The Morgan fingerprint density at radius 1 is 1.02 bits per heavy atom. The molecule has 1 aliphatic heterocycles. The molecule has 2 aromatic carbocycles. The van der Waals surface area contributed by atoms with Crippen LogP contribution >= 0.6 is 11.6 Å². The van der Waals surface area contributed by atoms with Gasteiger partial charge in [-0.25, -0.2) is 4.79 Å². The Morgan fingerprint density at radius 3 is 2.40 bits per heavy atom. The van der Waals surface area contributed by atoms with Crippen LogP contribution in [-0.4, -0.2) is 48.5 Å². The fourth-order valence-corrected chi connectivity index (χ4v) is 4.90. The first-order valence-electron chi connectivity index (χ1n) is 15.4. The average molecular weight is 637 g/mol. The predicted molar refractivity (Wildman–Crippen MR) is 176 cm³/mol. The minimum Gasteiger partial charge on any atom is -0.459 e. The summed E-state index contributed by atoms with van der Waals surface area (Å²) < 4.78 is 11.7. The first-order valence-corrected chi connectivity index (χ1v) is 15.8. The Balaban J connectivity index is 1.93. The molecule has 0 fully saturated rings. The normalized spacial score (nSPS) is 23.2. The van der Waals surface area contributed by atoms with Gasteiger partial charge in [0, 0.05) is 30.3 Å². The maximum absolute atomic E-state index is 13.5. The molecular formula is C36H45ClN2O6. The molecule has 9 heteroatoms. The average Bonchev–Trinajstić information content (AvgIpc) is 2.99. The Kier molecular flexibility index (Phi) is 13.0. The van der Waals surface area contributed by atoms with Crippen molar-refractivity contribution in [3.8, 4) is 0 Å². The second-order valence-corrected chi connectivity index (χ2v) is 13.1. The van der Waals surface area contributed by atoms with Crippen LogP contribution in [0.5, 0.6) is 0 Å². The van der Waals surface area contributed by atoms with Crippen molar-refractivity contribution in [3.63, 3.8) is 0 Å². The fraction of sp³-hybridized carbons (Fsp3) is 0.444. The lowest BCUT2D eigenvalue weighted by atomic mass is 9.93. The zero-order chi connectivity index (χ0) is 33.1. The summed E-state index contributed by atoms with van der Waals surface area (Å²) in [6, 6.07) is 14.3. The monoisotopic (exact) mass is 636 g/mol. The molecule has 4 atom stereocenters. The van der Waals surface area contributed by atoms with Crippen LogP contribution in [0.2, 0.25) is 5.02 Å². The maximum Gasteiger partial charge on any atom is 0.347 e. The van der Waals surface area contributed by atoms with E-state index in [2.05, 4.69) is 10.6 Å². The van der Waals surface area contributed by atoms with Gasteiger partial charge in [0.15, 0.2) is 6.10 Å². The van der Waals surface area contributed by atoms with E-state index in [0.717, 1.165) is 16.7 Å². The molecule has 2 N–H and O–H groups in total. The van der Waals surface area contributed by atoms with Crippen LogP contribution in [0.4, 0.5) is 0 Å². The van der Waals surface area contributed by atoms with Crippen molar-refractivity contribution in [2.24, 2.45) is 17.3 Å². The minimum absolute atomic E-state index is 0.0391. The Morgan fingerprint density at radius 2 is 1.73 bits per heavy atom. The van der Waals surface area contributed by atoms with Gasteiger partial charge >= 0.3 is 11.9 Å². The molecule has 0 aliphatic carbocycles. The third-order valence-corrected chi connectivity index (χ3v) is 8.05. The van der Waals surface area contributed by atoms with Crippen molar-refractivity contribution in [3.05, 3.63) is 88.5 Å². The fourth-order valence-electron chi connectivity index (χ4n) is 4.70. The highest BCUT2D eigenvalue weighted by Crippen LogP contribution is 2.24. The summed E-state index contributed by atoms with van der Waals surface area (Å²) in [7, 11) is 0. The van der Waals surface area contributed by atoms with E-state index in [0.29, 0.717) is 5.02 Å².